The Morgan fingerprint density at radius 3 is 2.24 bits per heavy atom. The van der Waals surface area contributed by atoms with Crippen molar-refractivity contribution in [2.24, 2.45) is 0 Å². The molecule has 1 aromatic heterocycles. The molecule has 0 spiro atoms. The number of rotatable bonds is 1. The third-order valence-corrected chi connectivity index (χ3v) is 3.61. The molecule has 0 saturated carbocycles. The van der Waals surface area contributed by atoms with E-state index in [2.05, 4.69) is 20.9 Å². The Morgan fingerprint density at radius 2 is 1.82 bits per heavy atom. The van der Waals surface area contributed by atoms with Crippen LogP contribution in [0.15, 0.2) is 0 Å². The van der Waals surface area contributed by atoms with Gasteiger partial charge >= 0.3 is 0 Å². The van der Waals surface area contributed by atoms with E-state index < -0.39 is 21.9 Å². The standard InChI is InChI=1S/C9H5BrCl2F2N2O/c10-3-1-4(17)16(2-3)7-5(11)8(13)15-9(14)6(7)12/h3H,1-2H2. The first-order valence-electron chi connectivity index (χ1n) is 4.56. The van der Waals surface area contributed by atoms with Gasteiger partial charge in [0.05, 0.1) is 5.69 Å². The van der Waals surface area contributed by atoms with Crippen molar-refractivity contribution in [1.82, 2.24) is 4.98 Å². The molecule has 1 aromatic rings. The van der Waals surface area contributed by atoms with Crippen LogP contribution in [-0.2, 0) is 4.79 Å². The zero-order valence-electron chi connectivity index (χ0n) is 8.18. The summed E-state index contributed by atoms with van der Waals surface area (Å²) in [4.78, 5) is 15.6. The second-order valence-corrected chi connectivity index (χ2v) is 5.53. The normalized spacial score (nSPS) is 20.2. The summed E-state index contributed by atoms with van der Waals surface area (Å²) < 4.78 is 26.4. The van der Waals surface area contributed by atoms with Gasteiger partial charge in [-0.15, -0.1) is 0 Å². The molecule has 8 heteroatoms. The molecule has 17 heavy (non-hydrogen) atoms. The second-order valence-electron chi connectivity index (χ2n) is 3.48. The minimum atomic E-state index is -1.19. The number of hydrogen-bond donors (Lipinski definition) is 0. The SMILES string of the molecule is O=C1CC(Br)CN1c1c(Cl)c(F)nc(F)c1Cl. The first kappa shape index (κ1) is 13.0. The van der Waals surface area contributed by atoms with Gasteiger partial charge in [0.2, 0.25) is 17.8 Å². The predicted molar refractivity (Wildman–Crippen MR) is 63.9 cm³/mol. The van der Waals surface area contributed by atoms with E-state index in [0.717, 1.165) is 4.90 Å². The van der Waals surface area contributed by atoms with Crippen LogP contribution in [0.4, 0.5) is 14.5 Å². The summed E-state index contributed by atoms with van der Waals surface area (Å²) in [6.45, 7) is 0.251. The zero-order chi connectivity index (χ0) is 12.7. The minimum Gasteiger partial charge on any atom is -0.308 e. The van der Waals surface area contributed by atoms with E-state index in [1.807, 2.05) is 0 Å². The highest BCUT2D eigenvalue weighted by molar-refractivity contribution is 9.09. The molecular weight excluding hydrogens is 341 g/mol. The smallest absolute Gasteiger partial charge is 0.236 e. The Kier molecular flexibility index (Phi) is 3.56. The molecule has 1 amide bonds. The van der Waals surface area contributed by atoms with E-state index in [1.54, 1.807) is 0 Å². The molecule has 1 unspecified atom stereocenters. The molecular formula is C9H5BrCl2F2N2O. The van der Waals surface area contributed by atoms with Crippen LogP contribution in [-0.4, -0.2) is 22.3 Å². The van der Waals surface area contributed by atoms with Crippen LogP contribution in [0.3, 0.4) is 0 Å². The van der Waals surface area contributed by atoms with Crippen LogP contribution in [0.2, 0.25) is 10.0 Å². The molecule has 0 aromatic carbocycles. The number of halogens is 5. The molecule has 1 aliphatic heterocycles. The highest BCUT2D eigenvalue weighted by atomic mass is 79.9. The number of amides is 1. The Hall–Kier alpha value is -0.460. The van der Waals surface area contributed by atoms with Gasteiger partial charge in [0.15, 0.2) is 0 Å². The van der Waals surface area contributed by atoms with Crippen molar-refractivity contribution in [2.45, 2.75) is 11.2 Å². The number of alkyl halides is 1. The number of pyridine rings is 1. The summed E-state index contributed by atoms with van der Waals surface area (Å²) in [5.74, 6) is -2.68. The van der Waals surface area contributed by atoms with E-state index in [9.17, 15) is 13.6 Å². The topological polar surface area (TPSA) is 33.2 Å². The fourth-order valence-electron chi connectivity index (χ4n) is 1.59. The average Bonchev–Trinajstić information content (AvgIpc) is 2.56. The fraction of sp³-hybridized carbons (Fsp3) is 0.333. The van der Waals surface area contributed by atoms with E-state index >= 15 is 0 Å². The van der Waals surface area contributed by atoms with Gasteiger partial charge in [0.1, 0.15) is 10.0 Å². The lowest BCUT2D eigenvalue weighted by Crippen LogP contribution is -2.26. The van der Waals surface area contributed by atoms with Gasteiger partial charge in [-0.1, -0.05) is 39.1 Å². The summed E-state index contributed by atoms with van der Waals surface area (Å²) in [6.07, 6.45) is 0.220. The van der Waals surface area contributed by atoms with Crippen LogP contribution < -0.4 is 4.90 Å². The molecule has 1 fully saturated rings. The van der Waals surface area contributed by atoms with Crippen molar-refractivity contribution >= 4 is 50.7 Å². The van der Waals surface area contributed by atoms with Crippen molar-refractivity contribution in [1.29, 1.82) is 0 Å². The van der Waals surface area contributed by atoms with Crippen molar-refractivity contribution in [3.8, 4) is 0 Å². The van der Waals surface area contributed by atoms with Gasteiger partial charge < -0.3 is 4.90 Å². The largest absolute Gasteiger partial charge is 0.308 e. The molecule has 92 valence electrons. The van der Waals surface area contributed by atoms with Crippen LogP contribution in [0, 0.1) is 11.9 Å². The van der Waals surface area contributed by atoms with Crippen molar-refractivity contribution in [2.75, 3.05) is 11.4 Å². The molecule has 0 N–H and O–H groups in total. The molecule has 1 saturated heterocycles. The van der Waals surface area contributed by atoms with Gasteiger partial charge in [-0.3, -0.25) is 4.79 Å². The van der Waals surface area contributed by atoms with Gasteiger partial charge in [-0.2, -0.15) is 13.8 Å². The van der Waals surface area contributed by atoms with E-state index in [1.165, 1.54) is 0 Å². The quantitative estimate of drug-likeness (QED) is 0.578. The number of carbonyl (C=O) groups excluding carboxylic acids is 1. The molecule has 0 bridgehead atoms. The fourth-order valence-corrected chi connectivity index (χ4v) is 2.69. The van der Waals surface area contributed by atoms with E-state index in [-0.39, 0.29) is 29.4 Å². The molecule has 1 aliphatic rings. The lowest BCUT2D eigenvalue weighted by Gasteiger charge is -2.19. The maximum Gasteiger partial charge on any atom is 0.236 e. The molecule has 0 radical (unpaired) electrons. The maximum absolute atomic E-state index is 13.2. The highest BCUT2D eigenvalue weighted by Gasteiger charge is 2.33. The number of hydrogen-bond acceptors (Lipinski definition) is 2. The molecule has 3 nitrogen and oxygen atoms in total. The maximum atomic E-state index is 13.2. The molecule has 2 rings (SSSR count). The Morgan fingerprint density at radius 1 is 1.29 bits per heavy atom. The van der Waals surface area contributed by atoms with Crippen molar-refractivity contribution < 1.29 is 13.6 Å². The second kappa shape index (κ2) is 4.66. The molecule has 0 aliphatic carbocycles. The molecule has 1 atom stereocenters. The Bertz CT molecular complexity index is 474. The summed E-state index contributed by atoms with van der Waals surface area (Å²) >= 11 is 14.6. The van der Waals surface area contributed by atoms with Crippen LogP contribution >= 0.6 is 39.1 Å². The van der Waals surface area contributed by atoms with Crippen molar-refractivity contribution in [3.63, 3.8) is 0 Å². The first-order chi connectivity index (χ1) is 7.91. The van der Waals surface area contributed by atoms with E-state index in [4.69, 9.17) is 23.2 Å². The number of nitrogens with zero attached hydrogens (tertiary/aromatic N) is 2. The third-order valence-electron chi connectivity index (χ3n) is 2.32. The predicted octanol–water partition coefficient (Wildman–Crippen LogP) is 3.17. The lowest BCUT2D eigenvalue weighted by atomic mass is 10.3. The number of carbonyl (C=O) groups is 1. The van der Waals surface area contributed by atoms with Gasteiger partial charge in [0, 0.05) is 17.8 Å². The summed E-state index contributed by atoms with van der Waals surface area (Å²) in [5.41, 5.74) is -0.162. The number of anilines is 1. The lowest BCUT2D eigenvalue weighted by molar-refractivity contribution is -0.117. The minimum absolute atomic E-state index is 0.0959. The van der Waals surface area contributed by atoms with Gasteiger partial charge in [-0.05, 0) is 0 Å². The third kappa shape index (κ3) is 2.26. The first-order valence-corrected chi connectivity index (χ1v) is 6.23. The summed E-state index contributed by atoms with van der Waals surface area (Å²) in [7, 11) is 0. The highest BCUT2D eigenvalue weighted by Crippen LogP contribution is 2.39. The Balaban J connectivity index is 2.55. The monoisotopic (exact) mass is 344 g/mol. The van der Waals surface area contributed by atoms with Crippen LogP contribution in [0.5, 0.6) is 0 Å². The Labute approximate surface area is 114 Å². The van der Waals surface area contributed by atoms with Gasteiger partial charge in [0.25, 0.3) is 0 Å². The molecule has 2 heterocycles. The zero-order valence-corrected chi connectivity index (χ0v) is 11.3. The van der Waals surface area contributed by atoms with Gasteiger partial charge in [-0.25, -0.2) is 0 Å². The van der Waals surface area contributed by atoms with Crippen molar-refractivity contribution in [3.05, 3.63) is 21.9 Å². The van der Waals surface area contributed by atoms with Crippen LogP contribution in [0.1, 0.15) is 6.42 Å². The number of aromatic nitrogens is 1. The van der Waals surface area contributed by atoms with E-state index in [0.29, 0.717) is 0 Å². The summed E-state index contributed by atoms with van der Waals surface area (Å²) in [5, 5.41) is -0.905. The van der Waals surface area contributed by atoms with Crippen LogP contribution in [0.25, 0.3) is 0 Å². The summed E-state index contributed by atoms with van der Waals surface area (Å²) in [6, 6.07) is 0. The average molecular weight is 346 g/mol.